The van der Waals surface area contributed by atoms with E-state index in [1.165, 1.54) is 0 Å². The summed E-state index contributed by atoms with van der Waals surface area (Å²) >= 11 is 0. The predicted molar refractivity (Wildman–Crippen MR) is 141 cm³/mol. The standard InChI is InChI=1S/C28H24N6O2/c1-32-17-20-16-23(11-14-25(20)31-32)33-18-19-8-15-26(29-21-6-4-3-5-7-21)30-27(19)34(28(33)35)22-9-12-24(36-2)13-10-22/h3-17H,18H2,1-2H3,(H,29,30). The highest BCUT2D eigenvalue weighted by molar-refractivity contribution is 6.10. The molecule has 0 saturated carbocycles. The van der Waals surface area contributed by atoms with Gasteiger partial charge >= 0.3 is 6.03 Å². The van der Waals surface area contributed by atoms with Crippen molar-refractivity contribution in [1.29, 1.82) is 0 Å². The molecule has 36 heavy (non-hydrogen) atoms. The zero-order chi connectivity index (χ0) is 24.6. The number of nitrogens with one attached hydrogen (secondary N) is 1. The summed E-state index contributed by atoms with van der Waals surface area (Å²) in [6.45, 7) is 0.408. The van der Waals surface area contributed by atoms with E-state index in [0.717, 1.165) is 33.6 Å². The highest BCUT2D eigenvalue weighted by Gasteiger charge is 2.34. The Morgan fingerprint density at radius 1 is 0.917 bits per heavy atom. The third-order valence-electron chi connectivity index (χ3n) is 6.21. The molecule has 6 rings (SSSR count). The summed E-state index contributed by atoms with van der Waals surface area (Å²) in [5, 5.41) is 8.76. The molecule has 1 aliphatic rings. The fraction of sp³-hybridized carbons (Fsp3) is 0.107. The van der Waals surface area contributed by atoms with Crippen molar-refractivity contribution >= 4 is 45.6 Å². The predicted octanol–water partition coefficient (Wildman–Crippen LogP) is 6.00. The molecule has 8 heteroatoms. The van der Waals surface area contributed by atoms with Gasteiger partial charge in [-0.05, 0) is 66.7 Å². The largest absolute Gasteiger partial charge is 0.497 e. The second-order valence-electron chi connectivity index (χ2n) is 8.62. The average molecular weight is 477 g/mol. The number of aromatic nitrogens is 3. The minimum atomic E-state index is -0.180. The Hall–Kier alpha value is -4.85. The van der Waals surface area contributed by atoms with Crippen molar-refractivity contribution in [3.63, 3.8) is 0 Å². The summed E-state index contributed by atoms with van der Waals surface area (Å²) < 4.78 is 7.10. The van der Waals surface area contributed by atoms with Gasteiger partial charge in [0, 0.05) is 35.6 Å². The van der Waals surface area contributed by atoms with Gasteiger partial charge in [0.1, 0.15) is 17.4 Å². The molecule has 8 nitrogen and oxygen atoms in total. The number of rotatable bonds is 5. The molecular formula is C28H24N6O2. The molecule has 0 aliphatic carbocycles. The van der Waals surface area contributed by atoms with Gasteiger partial charge in [-0.15, -0.1) is 0 Å². The zero-order valence-electron chi connectivity index (χ0n) is 19.9. The quantitative estimate of drug-likeness (QED) is 0.337. The fourth-order valence-electron chi connectivity index (χ4n) is 4.45. The van der Waals surface area contributed by atoms with Crippen LogP contribution >= 0.6 is 0 Å². The Balaban J connectivity index is 1.44. The van der Waals surface area contributed by atoms with E-state index in [1.54, 1.807) is 21.6 Å². The van der Waals surface area contributed by atoms with Crippen molar-refractivity contribution < 1.29 is 9.53 Å². The van der Waals surface area contributed by atoms with Gasteiger partial charge in [0.2, 0.25) is 0 Å². The van der Waals surface area contributed by atoms with Crippen molar-refractivity contribution in [1.82, 2.24) is 14.8 Å². The SMILES string of the molecule is COc1ccc(N2C(=O)N(c3ccc4nn(C)cc4c3)Cc3ccc(Nc4ccccc4)nc32)cc1. The van der Waals surface area contributed by atoms with Crippen LogP contribution in [0, 0.1) is 0 Å². The molecule has 0 atom stereocenters. The number of hydrogen-bond donors (Lipinski definition) is 1. The van der Waals surface area contributed by atoms with Gasteiger partial charge in [0.15, 0.2) is 0 Å². The number of fused-ring (bicyclic) bond motifs is 2. The normalized spacial score (nSPS) is 13.1. The number of carbonyl (C=O) groups excluding carboxylic acids is 1. The number of ether oxygens (including phenoxy) is 1. The fourth-order valence-corrected chi connectivity index (χ4v) is 4.45. The first-order valence-corrected chi connectivity index (χ1v) is 11.6. The van der Waals surface area contributed by atoms with Crippen LogP contribution in [0.5, 0.6) is 5.75 Å². The third kappa shape index (κ3) is 3.88. The maximum absolute atomic E-state index is 14.0. The van der Waals surface area contributed by atoms with Crippen molar-refractivity contribution in [2.45, 2.75) is 6.54 Å². The second-order valence-corrected chi connectivity index (χ2v) is 8.62. The van der Waals surface area contributed by atoms with Crippen molar-refractivity contribution in [3.05, 3.63) is 96.7 Å². The van der Waals surface area contributed by atoms with Crippen LogP contribution in [0.2, 0.25) is 0 Å². The van der Waals surface area contributed by atoms with Gasteiger partial charge in [-0.1, -0.05) is 18.2 Å². The Labute approximate surface area is 208 Å². The number of hydrogen-bond acceptors (Lipinski definition) is 5. The van der Waals surface area contributed by atoms with E-state index in [4.69, 9.17) is 9.72 Å². The first kappa shape index (κ1) is 21.7. The van der Waals surface area contributed by atoms with Crippen molar-refractivity contribution in [3.8, 4) is 5.75 Å². The number of pyridine rings is 1. The molecule has 2 amide bonds. The first-order chi connectivity index (χ1) is 17.6. The van der Waals surface area contributed by atoms with E-state index in [9.17, 15) is 4.79 Å². The smallest absolute Gasteiger partial charge is 0.335 e. The molecule has 0 spiro atoms. The third-order valence-corrected chi connectivity index (χ3v) is 6.21. The molecule has 1 N–H and O–H groups in total. The molecule has 3 heterocycles. The molecular weight excluding hydrogens is 452 g/mol. The first-order valence-electron chi connectivity index (χ1n) is 11.6. The molecule has 0 radical (unpaired) electrons. The summed E-state index contributed by atoms with van der Waals surface area (Å²) in [5.74, 6) is 1.98. The van der Waals surface area contributed by atoms with Crippen LogP contribution in [0.4, 0.5) is 33.5 Å². The average Bonchev–Trinajstić information content (AvgIpc) is 3.28. The lowest BCUT2D eigenvalue weighted by atomic mass is 10.1. The molecule has 0 bridgehead atoms. The number of para-hydroxylation sites is 1. The highest BCUT2D eigenvalue weighted by atomic mass is 16.5. The molecule has 3 aromatic carbocycles. The van der Waals surface area contributed by atoms with Crippen LogP contribution in [-0.4, -0.2) is 27.9 Å². The number of benzene rings is 3. The number of anilines is 5. The van der Waals surface area contributed by atoms with Crippen LogP contribution in [0.1, 0.15) is 5.56 Å². The number of nitrogens with zero attached hydrogens (tertiary/aromatic N) is 5. The summed E-state index contributed by atoms with van der Waals surface area (Å²) in [7, 11) is 3.51. The van der Waals surface area contributed by atoms with E-state index in [0.29, 0.717) is 23.9 Å². The monoisotopic (exact) mass is 476 g/mol. The Morgan fingerprint density at radius 2 is 1.69 bits per heavy atom. The number of urea groups is 1. The lowest BCUT2D eigenvalue weighted by Gasteiger charge is -2.36. The van der Waals surface area contributed by atoms with Gasteiger partial charge in [-0.2, -0.15) is 5.10 Å². The lowest BCUT2D eigenvalue weighted by Crippen LogP contribution is -2.45. The van der Waals surface area contributed by atoms with Crippen LogP contribution in [-0.2, 0) is 13.6 Å². The van der Waals surface area contributed by atoms with E-state index < -0.39 is 0 Å². The van der Waals surface area contributed by atoms with E-state index in [2.05, 4.69) is 10.4 Å². The maximum atomic E-state index is 14.0. The molecule has 0 fully saturated rings. The van der Waals surface area contributed by atoms with Crippen LogP contribution in [0.3, 0.4) is 0 Å². The highest BCUT2D eigenvalue weighted by Crippen LogP contribution is 2.38. The number of amides is 2. The minimum absolute atomic E-state index is 0.180. The van der Waals surface area contributed by atoms with Crippen molar-refractivity contribution in [2.75, 3.05) is 22.2 Å². The summed E-state index contributed by atoms with van der Waals surface area (Å²) in [6.07, 6.45) is 1.95. The van der Waals surface area contributed by atoms with Gasteiger partial charge in [0.05, 0.1) is 24.9 Å². The second kappa shape index (κ2) is 8.74. The van der Waals surface area contributed by atoms with E-state index in [1.807, 2.05) is 98.2 Å². The Bertz CT molecular complexity index is 1560. The van der Waals surface area contributed by atoms with Crippen LogP contribution < -0.4 is 19.9 Å². The molecule has 1 aliphatic heterocycles. The van der Waals surface area contributed by atoms with Gasteiger partial charge in [0.25, 0.3) is 0 Å². The van der Waals surface area contributed by atoms with Crippen LogP contribution in [0.15, 0.2) is 91.1 Å². The van der Waals surface area contributed by atoms with E-state index in [-0.39, 0.29) is 6.03 Å². The maximum Gasteiger partial charge on any atom is 0.335 e. The topological polar surface area (TPSA) is 75.5 Å². The molecule has 0 saturated heterocycles. The van der Waals surface area contributed by atoms with E-state index >= 15 is 0 Å². The summed E-state index contributed by atoms with van der Waals surface area (Å²) in [6, 6.07) is 26.9. The van der Waals surface area contributed by atoms with Gasteiger partial charge in [-0.25, -0.2) is 14.7 Å². The van der Waals surface area contributed by atoms with Gasteiger partial charge in [-0.3, -0.25) is 9.58 Å². The molecule has 5 aromatic rings. The number of methoxy groups -OCH3 is 1. The minimum Gasteiger partial charge on any atom is -0.497 e. The molecule has 0 unspecified atom stereocenters. The Kier molecular flexibility index (Phi) is 5.26. The summed E-state index contributed by atoms with van der Waals surface area (Å²) in [4.78, 5) is 22.3. The zero-order valence-corrected chi connectivity index (χ0v) is 19.9. The lowest BCUT2D eigenvalue weighted by molar-refractivity contribution is 0.252. The molecule has 178 valence electrons. The number of aryl methyl sites for hydroxylation is 1. The van der Waals surface area contributed by atoms with Crippen molar-refractivity contribution in [2.24, 2.45) is 7.05 Å². The molecule has 2 aromatic heterocycles. The van der Waals surface area contributed by atoms with Gasteiger partial charge < -0.3 is 10.1 Å². The van der Waals surface area contributed by atoms with Crippen LogP contribution in [0.25, 0.3) is 10.9 Å². The Morgan fingerprint density at radius 3 is 2.47 bits per heavy atom. The number of carbonyl (C=O) groups is 1. The summed E-state index contributed by atoms with van der Waals surface area (Å²) in [5.41, 5.74) is 4.26.